The summed E-state index contributed by atoms with van der Waals surface area (Å²) in [5.41, 5.74) is 6.67. The van der Waals surface area contributed by atoms with Crippen LogP contribution in [0.4, 0.5) is 0 Å². The highest BCUT2D eigenvalue weighted by molar-refractivity contribution is 7.15. The predicted octanol–water partition coefficient (Wildman–Crippen LogP) is 2.31. The van der Waals surface area contributed by atoms with Gasteiger partial charge in [0.1, 0.15) is 5.01 Å². The van der Waals surface area contributed by atoms with Crippen LogP contribution in [0.2, 0.25) is 0 Å². The minimum atomic E-state index is 0.691. The topological polar surface area (TPSA) is 38.9 Å². The number of thiazole rings is 1. The molecule has 0 aliphatic carbocycles. The van der Waals surface area contributed by atoms with Gasteiger partial charge in [0.15, 0.2) is 0 Å². The molecule has 0 aliphatic rings. The number of rotatable bonds is 3. The Hall–Kier alpha value is -1.19. The Morgan fingerprint density at radius 1 is 1.21 bits per heavy atom. The average molecular weight is 204 g/mol. The molecule has 0 saturated heterocycles. The molecule has 1 aromatic carbocycles. The second-order valence-electron chi connectivity index (χ2n) is 3.04. The molecule has 2 N–H and O–H groups in total. The van der Waals surface area contributed by atoms with Crippen molar-refractivity contribution in [2.45, 2.75) is 6.42 Å². The van der Waals surface area contributed by atoms with Gasteiger partial charge in [0.25, 0.3) is 0 Å². The van der Waals surface area contributed by atoms with Gasteiger partial charge in [0.2, 0.25) is 0 Å². The van der Waals surface area contributed by atoms with Gasteiger partial charge in [-0.3, -0.25) is 0 Å². The molecule has 1 heterocycles. The number of hydrogen-bond acceptors (Lipinski definition) is 3. The SMILES string of the molecule is NCCc1cnc(-c2ccccc2)s1. The Morgan fingerprint density at radius 2 is 2.00 bits per heavy atom. The fraction of sp³-hybridized carbons (Fsp3) is 0.182. The van der Waals surface area contributed by atoms with E-state index in [1.54, 1.807) is 11.3 Å². The summed E-state index contributed by atoms with van der Waals surface area (Å²) >= 11 is 1.72. The molecule has 1 aromatic heterocycles. The van der Waals surface area contributed by atoms with E-state index in [0.29, 0.717) is 6.54 Å². The molecule has 72 valence electrons. The van der Waals surface area contributed by atoms with Gasteiger partial charge in [-0.25, -0.2) is 4.98 Å². The van der Waals surface area contributed by atoms with Crippen LogP contribution in [-0.4, -0.2) is 11.5 Å². The highest BCUT2D eigenvalue weighted by Crippen LogP contribution is 2.24. The summed E-state index contributed by atoms with van der Waals surface area (Å²) in [7, 11) is 0. The Kier molecular flexibility index (Phi) is 2.91. The zero-order chi connectivity index (χ0) is 9.80. The summed E-state index contributed by atoms with van der Waals surface area (Å²) in [5.74, 6) is 0. The minimum Gasteiger partial charge on any atom is -0.330 e. The normalized spacial score (nSPS) is 10.4. The van der Waals surface area contributed by atoms with Crippen LogP contribution >= 0.6 is 11.3 Å². The van der Waals surface area contributed by atoms with Crippen molar-refractivity contribution in [1.82, 2.24) is 4.98 Å². The third-order valence-corrected chi connectivity index (χ3v) is 3.07. The lowest BCUT2D eigenvalue weighted by Crippen LogP contribution is -2.00. The monoisotopic (exact) mass is 204 g/mol. The molecule has 2 rings (SSSR count). The van der Waals surface area contributed by atoms with Crippen molar-refractivity contribution in [3.63, 3.8) is 0 Å². The quantitative estimate of drug-likeness (QED) is 0.833. The molecule has 0 bridgehead atoms. The van der Waals surface area contributed by atoms with E-state index in [1.807, 2.05) is 24.4 Å². The van der Waals surface area contributed by atoms with Crippen LogP contribution in [-0.2, 0) is 6.42 Å². The lowest BCUT2D eigenvalue weighted by Gasteiger charge is -1.93. The predicted molar refractivity (Wildman–Crippen MR) is 60.3 cm³/mol. The molecule has 0 atom stereocenters. The van der Waals surface area contributed by atoms with Crippen LogP contribution in [0.1, 0.15) is 4.88 Å². The molecule has 2 aromatic rings. The molecule has 0 saturated carbocycles. The number of benzene rings is 1. The molecule has 0 aliphatic heterocycles. The molecular weight excluding hydrogens is 192 g/mol. The molecule has 0 radical (unpaired) electrons. The number of aromatic nitrogens is 1. The average Bonchev–Trinajstić information content (AvgIpc) is 2.68. The van der Waals surface area contributed by atoms with Gasteiger partial charge in [-0.15, -0.1) is 11.3 Å². The van der Waals surface area contributed by atoms with Crippen LogP contribution in [0.5, 0.6) is 0 Å². The van der Waals surface area contributed by atoms with Crippen molar-refractivity contribution >= 4 is 11.3 Å². The van der Waals surface area contributed by atoms with E-state index in [0.717, 1.165) is 11.4 Å². The number of nitrogens with two attached hydrogens (primary N) is 1. The summed E-state index contributed by atoms with van der Waals surface area (Å²) in [4.78, 5) is 5.62. The van der Waals surface area contributed by atoms with E-state index in [1.165, 1.54) is 10.4 Å². The van der Waals surface area contributed by atoms with Crippen LogP contribution in [0, 0.1) is 0 Å². The van der Waals surface area contributed by atoms with E-state index in [-0.39, 0.29) is 0 Å². The molecule has 0 amide bonds. The fourth-order valence-electron chi connectivity index (χ4n) is 1.28. The summed E-state index contributed by atoms with van der Waals surface area (Å²) < 4.78 is 0. The second kappa shape index (κ2) is 4.35. The zero-order valence-corrected chi connectivity index (χ0v) is 8.63. The van der Waals surface area contributed by atoms with E-state index in [9.17, 15) is 0 Å². The van der Waals surface area contributed by atoms with Crippen molar-refractivity contribution in [1.29, 1.82) is 0 Å². The summed E-state index contributed by atoms with van der Waals surface area (Å²) in [6, 6.07) is 10.2. The highest BCUT2D eigenvalue weighted by Gasteiger charge is 2.02. The zero-order valence-electron chi connectivity index (χ0n) is 7.81. The van der Waals surface area contributed by atoms with Crippen LogP contribution in [0.25, 0.3) is 10.6 Å². The van der Waals surface area contributed by atoms with Crippen molar-refractivity contribution < 1.29 is 0 Å². The number of hydrogen-bond donors (Lipinski definition) is 1. The first-order valence-corrected chi connectivity index (χ1v) is 5.42. The Balaban J connectivity index is 2.25. The van der Waals surface area contributed by atoms with Gasteiger partial charge in [-0.05, 0) is 13.0 Å². The standard InChI is InChI=1S/C11H12N2S/c12-7-6-10-8-13-11(14-10)9-4-2-1-3-5-9/h1-5,8H,6-7,12H2. The Morgan fingerprint density at radius 3 is 2.71 bits per heavy atom. The first kappa shape index (κ1) is 9.37. The van der Waals surface area contributed by atoms with Gasteiger partial charge in [-0.2, -0.15) is 0 Å². The van der Waals surface area contributed by atoms with Crippen LogP contribution in [0.3, 0.4) is 0 Å². The van der Waals surface area contributed by atoms with Crippen LogP contribution in [0.15, 0.2) is 36.5 Å². The fourth-order valence-corrected chi connectivity index (χ4v) is 2.21. The highest BCUT2D eigenvalue weighted by atomic mass is 32.1. The third-order valence-electron chi connectivity index (χ3n) is 1.97. The molecule has 0 spiro atoms. The van der Waals surface area contributed by atoms with Crippen LogP contribution < -0.4 is 5.73 Å². The Labute approximate surface area is 87.4 Å². The van der Waals surface area contributed by atoms with Crippen molar-refractivity contribution in [2.75, 3.05) is 6.54 Å². The third kappa shape index (κ3) is 2.00. The lowest BCUT2D eigenvalue weighted by molar-refractivity contribution is 0.984. The van der Waals surface area contributed by atoms with Gasteiger partial charge < -0.3 is 5.73 Å². The number of nitrogens with zero attached hydrogens (tertiary/aromatic N) is 1. The molecule has 2 nitrogen and oxygen atoms in total. The Bertz CT molecular complexity index is 395. The van der Waals surface area contributed by atoms with E-state index in [2.05, 4.69) is 17.1 Å². The minimum absolute atomic E-state index is 0.691. The van der Waals surface area contributed by atoms with Crippen molar-refractivity contribution in [3.05, 3.63) is 41.4 Å². The maximum atomic E-state index is 5.49. The van der Waals surface area contributed by atoms with Gasteiger partial charge >= 0.3 is 0 Å². The van der Waals surface area contributed by atoms with E-state index >= 15 is 0 Å². The summed E-state index contributed by atoms with van der Waals surface area (Å²) in [5, 5.41) is 1.08. The van der Waals surface area contributed by atoms with Gasteiger partial charge in [0.05, 0.1) is 0 Å². The molecular formula is C11H12N2S. The van der Waals surface area contributed by atoms with Crippen molar-refractivity contribution in [3.8, 4) is 10.6 Å². The smallest absolute Gasteiger partial charge is 0.123 e. The summed E-state index contributed by atoms with van der Waals surface area (Å²) in [6.45, 7) is 0.691. The van der Waals surface area contributed by atoms with E-state index < -0.39 is 0 Å². The maximum absolute atomic E-state index is 5.49. The lowest BCUT2D eigenvalue weighted by atomic mass is 10.2. The van der Waals surface area contributed by atoms with Crippen molar-refractivity contribution in [2.24, 2.45) is 5.73 Å². The first-order valence-electron chi connectivity index (χ1n) is 4.60. The van der Waals surface area contributed by atoms with Gasteiger partial charge in [-0.1, -0.05) is 30.3 Å². The summed E-state index contributed by atoms with van der Waals surface area (Å²) in [6.07, 6.45) is 2.84. The largest absolute Gasteiger partial charge is 0.330 e. The molecule has 14 heavy (non-hydrogen) atoms. The molecule has 0 unspecified atom stereocenters. The molecule has 3 heteroatoms. The van der Waals surface area contributed by atoms with E-state index in [4.69, 9.17) is 5.73 Å². The first-order chi connectivity index (χ1) is 6.90. The maximum Gasteiger partial charge on any atom is 0.123 e. The van der Waals surface area contributed by atoms with Gasteiger partial charge in [0, 0.05) is 16.6 Å². The second-order valence-corrected chi connectivity index (χ2v) is 4.15. The molecule has 0 fully saturated rings.